The summed E-state index contributed by atoms with van der Waals surface area (Å²) in [6.07, 6.45) is 0.906. The molecule has 1 aromatic carbocycles. The van der Waals surface area contributed by atoms with Gasteiger partial charge in [-0.1, -0.05) is 37.9 Å². The van der Waals surface area contributed by atoms with Crippen LogP contribution in [0.5, 0.6) is 0 Å². The molecule has 1 aliphatic heterocycles. The Morgan fingerprint density at radius 2 is 2.00 bits per heavy atom. The molecule has 1 saturated heterocycles. The lowest BCUT2D eigenvalue weighted by Crippen LogP contribution is -2.61. The summed E-state index contributed by atoms with van der Waals surface area (Å²) in [5.74, 6) is -1.13. The van der Waals surface area contributed by atoms with Gasteiger partial charge in [-0.25, -0.2) is 4.31 Å². The first-order valence-electron chi connectivity index (χ1n) is 6.44. The summed E-state index contributed by atoms with van der Waals surface area (Å²) in [7, 11) is 0. The zero-order valence-corrected chi connectivity index (χ0v) is 12.0. The maximum absolute atomic E-state index is 12.3. The highest BCUT2D eigenvalue weighted by Gasteiger charge is 2.46. The Labute approximate surface area is 122 Å². The number of imide groups is 1. The summed E-state index contributed by atoms with van der Waals surface area (Å²) in [5.41, 5.74) is -0.571. The van der Waals surface area contributed by atoms with Crippen molar-refractivity contribution < 1.29 is 14.4 Å². The van der Waals surface area contributed by atoms with Crippen LogP contribution in [-0.4, -0.2) is 27.6 Å². The second-order valence-electron chi connectivity index (χ2n) is 4.77. The minimum Gasteiger partial charge on any atom is -0.338 e. The lowest BCUT2D eigenvalue weighted by Gasteiger charge is -2.38. The van der Waals surface area contributed by atoms with Gasteiger partial charge >= 0.3 is 0 Å². The van der Waals surface area contributed by atoms with E-state index in [0.717, 1.165) is 4.31 Å². The molecule has 1 aromatic rings. The number of nitrogens with one attached hydrogen (secondary N) is 1. The van der Waals surface area contributed by atoms with Crippen LogP contribution in [0, 0.1) is 0 Å². The third-order valence-corrected chi connectivity index (χ3v) is 4.00. The van der Waals surface area contributed by atoms with Crippen LogP contribution in [0.25, 0.3) is 0 Å². The van der Waals surface area contributed by atoms with Gasteiger partial charge in [0.15, 0.2) is 0 Å². The molecule has 106 valence electrons. The van der Waals surface area contributed by atoms with E-state index in [2.05, 4.69) is 18.1 Å². The van der Waals surface area contributed by atoms with Gasteiger partial charge < -0.3 is 5.32 Å². The number of amides is 3. The standard InChI is InChI=1S/C14H16N2O3S/c1-2-14(9-8-11(17)16(20)13(14)19)15-12(18)10-6-4-3-5-7-10/h3-7,20H,2,8-9H2,1H3,(H,15,18). The molecule has 20 heavy (non-hydrogen) atoms. The van der Waals surface area contributed by atoms with Crippen LogP contribution in [0.15, 0.2) is 30.3 Å². The largest absolute Gasteiger partial charge is 0.338 e. The number of thiol groups is 1. The predicted octanol–water partition coefficient (Wildman–Crippen LogP) is 1.56. The molecule has 2 rings (SSSR count). The number of hydrogen-bond acceptors (Lipinski definition) is 4. The Morgan fingerprint density at radius 1 is 1.35 bits per heavy atom. The fraction of sp³-hybridized carbons (Fsp3) is 0.357. The van der Waals surface area contributed by atoms with Gasteiger partial charge in [-0.05, 0) is 25.0 Å². The van der Waals surface area contributed by atoms with Crippen molar-refractivity contribution in [2.45, 2.75) is 31.7 Å². The molecule has 3 amide bonds. The number of rotatable bonds is 3. The Hall–Kier alpha value is -1.82. The second-order valence-corrected chi connectivity index (χ2v) is 5.17. The molecule has 0 saturated carbocycles. The average Bonchev–Trinajstić information content (AvgIpc) is 2.49. The number of piperidine rings is 1. The van der Waals surface area contributed by atoms with Crippen LogP contribution in [0.4, 0.5) is 0 Å². The van der Waals surface area contributed by atoms with E-state index in [0.29, 0.717) is 18.4 Å². The van der Waals surface area contributed by atoms with E-state index in [9.17, 15) is 14.4 Å². The summed E-state index contributed by atoms with van der Waals surface area (Å²) >= 11 is 3.91. The number of carbonyl (C=O) groups excluding carboxylic acids is 3. The first kappa shape index (κ1) is 14.6. The van der Waals surface area contributed by atoms with Gasteiger partial charge in [0.05, 0.1) is 0 Å². The van der Waals surface area contributed by atoms with Crippen LogP contribution in [0.3, 0.4) is 0 Å². The van der Waals surface area contributed by atoms with Crippen molar-refractivity contribution >= 4 is 30.5 Å². The summed E-state index contributed by atoms with van der Waals surface area (Å²) in [6, 6.07) is 8.67. The molecule has 0 aliphatic carbocycles. The van der Waals surface area contributed by atoms with Gasteiger partial charge in [-0.15, -0.1) is 0 Å². The van der Waals surface area contributed by atoms with Crippen LogP contribution in [0.1, 0.15) is 36.5 Å². The van der Waals surface area contributed by atoms with Crippen molar-refractivity contribution in [3.63, 3.8) is 0 Å². The van der Waals surface area contributed by atoms with Gasteiger partial charge in [-0.3, -0.25) is 14.4 Å². The normalized spacial score (nSPS) is 22.8. The molecule has 1 unspecified atom stereocenters. The van der Waals surface area contributed by atoms with Crippen molar-refractivity contribution in [2.24, 2.45) is 0 Å². The molecule has 1 atom stereocenters. The number of carbonyl (C=O) groups is 3. The van der Waals surface area contributed by atoms with E-state index in [1.54, 1.807) is 31.2 Å². The molecule has 0 aromatic heterocycles. The summed E-state index contributed by atoms with van der Waals surface area (Å²) in [5, 5.41) is 2.77. The third-order valence-electron chi connectivity index (χ3n) is 3.60. The van der Waals surface area contributed by atoms with Gasteiger partial charge in [-0.2, -0.15) is 0 Å². The van der Waals surface area contributed by atoms with Crippen molar-refractivity contribution in [3.05, 3.63) is 35.9 Å². The van der Waals surface area contributed by atoms with E-state index in [1.165, 1.54) is 0 Å². The summed E-state index contributed by atoms with van der Waals surface area (Å²) in [4.78, 5) is 36.0. The minimum absolute atomic E-state index is 0.193. The quantitative estimate of drug-likeness (QED) is 0.656. The molecular weight excluding hydrogens is 276 g/mol. The van der Waals surface area contributed by atoms with E-state index >= 15 is 0 Å². The predicted molar refractivity (Wildman–Crippen MR) is 77.0 cm³/mol. The SMILES string of the molecule is CCC1(NC(=O)c2ccccc2)CCC(=O)N(S)C1=O. The molecule has 0 spiro atoms. The lowest BCUT2D eigenvalue weighted by atomic mass is 9.86. The lowest BCUT2D eigenvalue weighted by molar-refractivity contribution is -0.146. The van der Waals surface area contributed by atoms with Crippen molar-refractivity contribution in [1.82, 2.24) is 9.62 Å². The van der Waals surface area contributed by atoms with Crippen LogP contribution in [0.2, 0.25) is 0 Å². The van der Waals surface area contributed by atoms with E-state index < -0.39 is 11.4 Å². The highest BCUT2D eigenvalue weighted by molar-refractivity contribution is 7.79. The Bertz CT molecular complexity index is 547. The number of nitrogens with zero attached hydrogens (tertiary/aromatic N) is 1. The van der Waals surface area contributed by atoms with E-state index in [1.807, 2.05) is 6.07 Å². The molecular formula is C14H16N2O3S. The molecule has 0 radical (unpaired) electrons. The third kappa shape index (κ3) is 2.56. The highest BCUT2D eigenvalue weighted by atomic mass is 32.1. The zero-order chi connectivity index (χ0) is 14.8. The molecule has 6 heteroatoms. The van der Waals surface area contributed by atoms with Gasteiger partial charge in [0.1, 0.15) is 5.54 Å². The molecule has 5 nitrogen and oxygen atoms in total. The highest BCUT2D eigenvalue weighted by Crippen LogP contribution is 2.28. The number of benzene rings is 1. The summed E-state index contributed by atoms with van der Waals surface area (Å²) in [6.45, 7) is 1.81. The van der Waals surface area contributed by atoms with Crippen molar-refractivity contribution in [3.8, 4) is 0 Å². The van der Waals surface area contributed by atoms with E-state index in [-0.39, 0.29) is 18.2 Å². The Kier molecular flexibility index (Phi) is 4.13. The van der Waals surface area contributed by atoms with Crippen LogP contribution < -0.4 is 5.32 Å². The smallest absolute Gasteiger partial charge is 0.264 e. The van der Waals surface area contributed by atoms with Gasteiger partial charge in [0, 0.05) is 12.0 Å². The van der Waals surface area contributed by atoms with Crippen LogP contribution >= 0.6 is 12.8 Å². The Balaban J connectivity index is 2.22. The maximum atomic E-state index is 12.3. The van der Waals surface area contributed by atoms with E-state index in [4.69, 9.17) is 0 Å². The fourth-order valence-corrected chi connectivity index (χ4v) is 2.55. The first-order chi connectivity index (χ1) is 9.50. The Morgan fingerprint density at radius 3 is 2.60 bits per heavy atom. The topological polar surface area (TPSA) is 66.5 Å². The fourth-order valence-electron chi connectivity index (χ4n) is 2.26. The molecule has 1 N–H and O–H groups in total. The van der Waals surface area contributed by atoms with Crippen molar-refractivity contribution in [2.75, 3.05) is 0 Å². The minimum atomic E-state index is -1.05. The molecule has 0 bridgehead atoms. The van der Waals surface area contributed by atoms with Crippen molar-refractivity contribution in [1.29, 1.82) is 0 Å². The zero-order valence-electron chi connectivity index (χ0n) is 11.1. The summed E-state index contributed by atoms with van der Waals surface area (Å²) < 4.78 is 0.804. The number of hydrogen-bond donors (Lipinski definition) is 2. The first-order valence-corrected chi connectivity index (χ1v) is 6.84. The molecule has 1 fully saturated rings. The van der Waals surface area contributed by atoms with Gasteiger partial charge in [0.25, 0.3) is 11.8 Å². The van der Waals surface area contributed by atoms with Gasteiger partial charge in [0.2, 0.25) is 5.91 Å². The molecule has 1 heterocycles. The average molecular weight is 292 g/mol. The van der Waals surface area contributed by atoms with Crippen LogP contribution in [-0.2, 0) is 9.59 Å². The second kappa shape index (κ2) is 5.66. The monoisotopic (exact) mass is 292 g/mol. The molecule has 1 aliphatic rings. The maximum Gasteiger partial charge on any atom is 0.264 e.